The summed E-state index contributed by atoms with van der Waals surface area (Å²) >= 11 is 0. The molecule has 0 heterocycles. The molecule has 0 bridgehead atoms. The zero-order valence-corrected chi connectivity index (χ0v) is 6.85. The summed E-state index contributed by atoms with van der Waals surface area (Å²) in [5.74, 6) is 0. The van der Waals surface area contributed by atoms with Crippen molar-refractivity contribution < 1.29 is 49.4 Å². The van der Waals surface area contributed by atoms with Gasteiger partial charge in [-0.15, -0.1) is 0 Å². The van der Waals surface area contributed by atoms with Gasteiger partial charge in [0.1, 0.15) is 0 Å². The van der Waals surface area contributed by atoms with Crippen LogP contribution in [0.4, 0.5) is 0 Å². The number of hydrogen-bond acceptors (Lipinski definition) is 2. The van der Waals surface area contributed by atoms with Crippen molar-refractivity contribution in [2.24, 2.45) is 0 Å². The Kier molecular flexibility index (Phi) is 16.3. The summed E-state index contributed by atoms with van der Waals surface area (Å²) in [4.78, 5) is 0. The van der Waals surface area contributed by atoms with E-state index in [1.807, 2.05) is 0 Å². The van der Waals surface area contributed by atoms with Crippen LogP contribution < -0.4 is 0 Å². The van der Waals surface area contributed by atoms with Crippen molar-refractivity contribution in [2.75, 3.05) is 27.4 Å². The zero-order valence-electron chi connectivity index (χ0n) is 4.58. The van der Waals surface area contributed by atoms with Crippen LogP contribution in [0.3, 0.4) is 0 Å². The first-order valence-electron chi connectivity index (χ1n) is 1.89. The molecule has 0 aromatic carbocycles. The SMILES string of the molecule is COCCOC.[Gd]. The van der Waals surface area contributed by atoms with Crippen molar-refractivity contribution in [3.05, 3.63) is 0 Å². The predicted molar refractivity (Wildman–Crippen MR) is 23.8 cm³/mol. The molecule has 0 aliphatic carbocycles. The Balaban J connectivity index is 0. The Bertz CT molecular complexity index is 21.7. The summed E-state index contributed by atoms with van der Waals surface area (Å²) in [5.41, 5.74) is 0. The van der Waals surface area contributed by atoms with E-state index in [1.165, 1.54) is 0 Å². The van der Waals surface area contributed by atoms with E-state index in [1.54, 1.807) is 14.2 Å². The maximum Gasteiger partial charge on any atom is 0.0696 e. The van der Waals surface area contributed by atoms with Gasteiger partial charge in [0, 0.05) is 54.2 Å². The molecule has 0 unspecified atom stereocenters. The minimum absolute atomic E-state index is 0. The van der Waals surface area contributed by atoms with E-state index in [0.29, 0.717) is 13.2 Å². The summed E-state index contributed by atoms with van der Waals surface area (Å²) in [7, 11) is 3.30. The van der Waals surface area contributed by atoms with Crippen LogP contribution >= 0.6 is 0 Å². The standard InChI is InChI=1S/C4H10O2.Gd/c1-5-3-4-6-2;/h3-4H2,1-2H3;. The molecule has 7 heavy (non-hydrogen) atoms. The van der Waals surface area contributed by atoms with E-state index in [0.717, 1.165) is 0 Å². The first kappa shape index (κ1) is 11.1. The minimum atomic E-state index is 0. The number of rotatable bonds is 3. The van der Waals surface area contributed by atoms with E-state index in [-0.39, 0.29) is 39.9 Å². The smallest absolute Gasteiger partial charge is 0.0696 e. The van der Waals surface area contributed by atoms with Gasteiger partial charge in [-0.25, -0.2) is 0 Å². The monoisotopic (exact) mass is 248 g/mol. The summed E-state index contributed by atoms with van der Waals surface area (Å²) in [5, 5.41) is 0. The molecule has 0 aromatic rings. The van der Waals surface area contributed by atoms with Crippen molar-refractivity contribution >= 4 is 0 Å². The van der Waals surface area contributed by atoms with Gasteiger partial charge in [-0.05, 0) is 0 Å². The van der Waals surface area contributed by atoms with E-state index in [2.05, 4.69) is 9.47 Å². The van der Waals surface area contributed by atoms with Gasteiger partial charge in [-0.2, -0.15) is 0 Å². The van der Waals surface area contributed by atoms with Crippen molar-refractivity contribution in [3.8, 4) is 0 Å². The predicted octanol–water partition coefficient (Wildman–Crippen LogP) is 0.279. The van der Waals surface area contributed by atoms with Gasteiger partial charge in [0.15, 0.2) is 0 Å². The normalized spacial score (nSPS) is 7.71. The summed E-state index contributed by atoms with van der Waals surface area (Å²) < 4.78 is 9.31. The number of methoxy groups -OCH3 is 2. The fraction of sp³-hybridized carbons (Fsp3) is 1.00. The summed E-state index contributed by atoms with van der Waals surface area (Å²) in [6.07, 6.45) is 0. The molecular formula is C4H10GdO2. The number of hydrogen-bond donors (Lipinski definition) is 0. The van der Waals surface area contributed by atoms with Crippen LogP contribution in [-0.2, 0) is 9.47 Å². The molecule has 0 rings (SSSR count). The van der Waals surface area contributed by atoms with Crippen molar-refractivity contribution in [1.29, 1.82) is 0 Å². The second-order valence-corrected chi connectivity index (χ2v) is 0.986. The second-order valence-electron chi connectivity index (χ2n) is 0.986. The molecule has 0 fully saturated rings. The number of ether oxygens (including phenoxy) is 2. The summed E-state index contributed by atoms with van der Waals surface area (Å²) in [6.45, 7) is 1.38. The Morgan fingerprint density at radius 3 is 1.43 bits per heavy atom. The van der Waals surface area contributed by atoms with Gasteiger partial charge in [0.05, 0.1) is 13.2 Å². The molecule has 0 spiro atoms. The third kappa shape index (κ3) is 11.1. The van der Waals surface area contributed by atoms with Crippen LogP contribution in [-0.4, -0.2) is 27.4 Å². The van der Waals surface area contributed by atoms with Crippen LogP contribution in [0.15, 0.2) is 0 Å². The van der Waals surface area contributed by atoms with Crippen LogP contribution in [0.2, 0.25) is 0 Å². The largest absolute Gasteiger partial charge is 0.382 e. The minimum Gasteiger partial charge on any atom is -0.382 e. The fourth-order valence-electron chi connectivity index (χ4n) is 0.167. The maximum absolute atomic E-state index is 4.66. The maximum atomic E-state index is 4.66. The molecule has 0 amide bonds. The molecule has 0 radical (unpaired) electrons. The van der Waals surface area contributed by atoms with Gasteiger partial charge in [-0.1, -0.05) is 0 Å². The van der Waals surface area contributed by atoms with Gasteiger partial charge in [-0.3, -0.25) is 0 Å². The van der Waals surface area contributed by atoms with Gasteiger partial charge in [0.2, 0.25) is 0 Å². The Morgan fingerprint density at radius 2 is 1.29 bits per heavy atom. The molecular weight excluding hydrogens is 237 g/mol. The molecule has 0 saturated carbocycles. The fourth-order valence-corrected chi connectivity index (χ4v) is 0.167. The van der Waals surface area contributed by atoms with Crippen molar-refractivity contribution in [2.45, 2.75) is 0 Å². The molecule has 46 valence electrons. The first-order chi connectivity index (χ1) is 2.91. The molecule has 3 heteroatoms. The molecule has 0 saturated heterocycles. The molecule has 2 nitrogen and oxygen atoms in total. The Hall–Kier alpha value is 1.24. The average molecular weight is 247 g/mol. The van der Waals surface area contributed by atoms with Crippen molar-refractivity contribution in [1.82, 2.24) is 0 Å². The third-order valence-electron chi connectivity index (χ3n) is 0.492. The second kappa shape index (κ2) is 10.3. The Labute approximate surface area is 76.2 Å². The zero-order chi connectivity index (χ0) is 4.83. The molecule has 0 aliphatic rings. The molecule has 0 N–H and O–H groups in total. The van der Waals surface area contributed by atoms with Crippen LogP contribution in [0, 0.1) is 39.9 Å². The van der Waals surface area contributed by atoms with E-state index in [9.17, 15) is 0 Å². The average Bonchev–Trinajstić information content (AvgIpc) is 1.61. The van der Waals surface area contributed by atoms with E-state index >= 15 is 0 Å². The third-order valence-corrected chi connectivity index (χ3v) is 0.492. The van der Waals surface area contributed by atoms with E-state index in [4.69, 9.17) is 0 Å². The van der Waals surface area contributed by atoms with Crippen molar-refractivity contribution in [3.63, 3.8) is 0 Å². The van der Waals surface area contributed by atoms with Crippen LogP contribution in [0.1, 0.15) is 0 Å². The summed E-state index contributed by atoms with van der Waals surface area (Å²) in [6, 6.07) is 0. The Morgan fingerprint density at radius 1 is 1.00 bits per heavy atom. The van der Waals surface area contributed by atoms with Gasteiger partial charge >= 0.3 is 0 Å². The van der Waals surface area contributed by atoms with Gasteiger partial charge in [0.25, 0.3) is 0 Å². The van der Waals surface area contributed by atoms with Crippen LogP contribution in [0.5, 0.6) is 0 Å². The molecule has 0 atom stereocenters. The quantitative estimate of drug-likeness (QED) is 0.667. The van der Waals surface area contributed by atoms with Gasteiger partial charge < -0.3 is 9.47 Å². The molecule has 0 aliphatic heterocycles. The van der Waals surface area contributed by atoms with E-state index < -0.39 is 0 Å². The van der Waals surface area contributed by atoms with Crippen LogP contribution in [0.25, 0.3) is 0 Å². The topological polar surface area (TPSA) is 18.5 Å². The molecule has 0 aromatic heterocycles. The first-order valence-corrected chi connectivity index (χ1v) is 1.89.